The molecule has 0 aliphatic heterocycles. The lowest BCUT2D eigenvalue weighted by Gasteiger charge is -2.13. The number of aliphatic carboxylic acids is 1. The second-order valence-corrected chi connectivity index (χ2v) is 6.97. The number of nitrogens with zero attached hydrogens (tertiary/aromatic N) is 2. The number of anilines is 3. The summed E-state index contributed by atoms with van der Waals surface area (Å²) in [4.78, 5) is 28.7. The molecule has 12 heteroatoms. The summed E-state index contributed by atoms with van der Waals surface area (Å²) >= 11 is 0. The number of nitrogens with one attached hydrogen (secondary N) is 3. The maximum Gasteiger partial charge on any atom is 0.490 e. The van der Waals surface area contributed by atoms with E-state index in [1.165, 1.54) is 19.1 Å². The summed E-state index contributed by atoms with van der Waals surface area (Å²) in [7, 11) is 0. The zero-order valence-corrected chi connectivity index (χ0v) is 17.2. The van der Waals surface area contributed by atoms with Gasteiger partial charge in [0.15, 0.2) is 0 Å². The molecular weight excluding hydrogens is 434 g/mol. The number of amides is 1. The molecule has 0 unspecified atom stereocenters. The molecule has 0 bridgehead atoms. The van der Waals surface area contributed by atoms with Crippen LogP contribution in [0, 0.1) is 5.82 Å². The zero-order chi connectivity index (χ0) is 23.7. The van der Waals surface area contributed by atoms with Crippen molar-refractivity contribution in [2.45, 2.75) is 38.3 Å². The Bertz CT molecular complexity index is 936. The van der Waals surface area contributed by atoms with Crippen LogP contribution in [-0.4, -0.2) is 46.2 Å². The van der Waals surface area contributed by atoms with Crippen LogP contribution in [0.15, 0.2) is 30.5 Å². The van der Waals surface area contributed by atoms with Gasteiger partial charge in [-0.1, -0.05) is 6.07 Å². The van der Waals surface area contributed by atoms with Crippen molar-refractivity contribution in [1.29, 1.82) is 0 Å². The highest BCUT2D eigenvalue weighted by Gasteiger charge is 2.38. The van der Waals surface area contributed by atoms with Crippen molar-refractivity contribution < 1.29 is 32.3 Å². The average Bonchev–Trinajstić information content (AvgIpc) is 3.52. The van der Waals surface area contributed by atoms with Crippen molar-refractivity contribution in [3.63, 3.8) is 0 Å². The molecule has 0 spiro atoms. The van der Waals surface area contributed by atoms with E-state index in [1.54, 1.807) is 12.1 Å². The van der Waals surface area contributed by atoms with E-state index in [1.807, 2.05) is 6.20 Å². The maximum atomic E-state index is 13.3. The largest absolute Gasteiger partial charge is 0.490 e. The van der Waals surface area contributed by atoms with E-state index in [9.17, 15) is 22.4 Å². The van der Waals surface area contributed by atoms with Gasteiger partial charge in [-0.25, -0.2) is 14.2 Å². The molecular formula is C20H23F4N5O3. The first-order valence-electron chi connectivity index (χ1n) is 9.74. The number of halogens is 4. The number of carbonyl (C=O) groups excluding carboxylic acids is 1. The molecule has 4 N–H and O–H groups in total. The van der Waals surface area contributed by atoms with Gasteiger partial charge in [0.05, 0.1) is 0 Å². The second kappa shape index (κ2) is 11.3. The summed E-state index contributed by atoms with van der Waals surface area (Å²) in [5, 5.41) is 16.3. The molecule has 1 heterocycles. The third-order valence-electron chi connectivity index (χ3n) is 4.18. The number of aromatic nitrogens is 2. The van der Waals surface area contributed by atoms with Crippen LogP contribution in [0.5, 0.6) is 0 Å². The number of rotatable bonds is 8. The number of carboxylic acid groups (broad SMARTS) is 1. The van der Waals surface area contributed by atoms with Crippen LogP contribution in [0.25, 0.3) is 0 Å². The molecule has 32 heavy (non-hydrogen) atoms. The molecule has 0 radical (unpaired) electrons. The predicted octanol–water partition coefficient (Wildman–Crippen LogP) is 3.81. The number of benzene rings is 1. The van der Waals surface area contributed by atoms with E-state index in [2.05, 4.69) is 25.9 Å². The van der Waals surface area contributed by atoms with Crippen LogP contribution in [0.1, 0.15) is 37.7 Å². The first kappa shape index (κ1) is 24.8. The quantitative estimate of drug-likeness (QED) is 0.352. The zero-order valence-electron chi connectivity index (χ0n) is 17.2. The molecule has 1 aliphatic carbocycles. The van der Waals surface area contributed by atoms with Crippen molar-refractivity contribution in [3.05, 3.63) is 41.8 Å². The van der Waals surface area contributed by atoms with Gasteiger partial charge in [0.1, 0.15) is 11.6 Å². The third-order valence-corrected chi connectivity index (χ3v) is 4.18. The molecule has 1 amide bonds. The Hall–Kier alpha value is -3.44. The van der Waals surface area contributed by atoms with E-state index < -0.39 is 12.1 Å². The van der Waals surface area contributed by atoms with Crippen molar-refractivity contribution in [2.24, 2.45) is 0 Å². The highest BCUT2D eigenvalue weighted by atomic mass is 19.4. The van der Waals surface area contributed by atoms with Crippen LogP contribution in [0.4, 0.5) is 35.0 Å². The first-order chi connectivity index (χ1) is 15.1. The first-order valence-corrected chi connectivity index (χ1v) is 9.74. The van der Waals surface area contributed by atoms with E-state index >= 15 is 0 Å². The molecule has 1 aromatic carbocycles. The molecule has 1 aliphatic rings. The molecule has 0 saturated heterocycles. The van der Waals surface area contributed by atoms with Crippen LogP contribution >= 0.6 is 0 Å². The normalized spacial score (nSPS) is 12.9. The molecule has 1 saturated carbocycles. The summed E-state index contributed by atoms with van der Waals surface area (Å²) in [6, 6.07) is 6.20. The number of alkyl halides is 3. The van der Waals surface area contributed by atoms with Gasteiger partial charge < -0.3 is 21.1 Å². The minimum atomic E-state index is -5.08. The van der Waals surface area contributed by atoms with E-state index in [0.717, 1.165) is 30.6 Å². The summed E-state index contributed by atoms with van der Waals surface area (Å²) in [6.45, 7) is 2.84. The minimum absolute atomic E-state index is 0.0257. The van der Waals surface area contributed by atoms with Gasteiger partial charge in [0.2, 0.25) is 11.9 Å². The van der Waals surface area contributed by atoms with Gasteiger partial charge in [-0.2, -0.15) is 18.2 Å². The van der Waals surface area contributed by atoms with Crippen molar-refractivity contribution in [1.82, 2.24) is 15.3 Å². The minimum Gasteiger partial charge on any atom is -0.475 e. The lowest BCUT2D eigenvalue weighted by Crippen LogP contribution is -2.23. The molecule has 0 atom stereocenters. The lowest BCUT2D eigenvalue weighted by molar-refractivity contribution is -0.192. The molecule has 8 nitrogen and oxygen atoms in total. The SMILES string of the molecule is CC(=O)NCCCNc1nc(Nc2cccc(F)c2)ncc1C1CC1.O=C(O)C(F)(F)F. The summed E-state index contributed by atoms with van der Waals surface area (Å²) < 4.78 is 45.0. The van der Waals surface area contributed by atoms with E-state index in [4.69, 9.17) is 9.90 Å². The second-order valence-electron chi connectivity index (χ2n) is 6.97. The van der Waals surface area contributed by atoms with Crippen LogP contribution < -0.4 is 16.0 Å². The Morgan fingerprint density at radius 1 is 1.22 bits per heavy atom. The van der Waals surface area contributed by atoms with Crippen molar-refractivity contribution >= 4 is 29.3 Å². The van der Waals surface area contributed by atoms with Crippen LogP contribution in [0.3, 0.4) is 0 Å². The topological polar surface area (TPSA) is 116 Å². The maximum absolute atomic E-state index is 13.3. The Balaban J connectivity index is 0.000000451. The summed E-state index contributed by atoms with van der Waals surface area (Å²) in [6.07, 6.45) is -0.135. The van der Waals surface area contributed by atoms with E-state index in [-0.39, 0.29) is 11.7 Å². The van der Waals surface area contributed by atoms with Gasteiger partial charge >= 0.3 is 12.1 Å². The summed E-state index contributed by atoms with van der Waals surface area (Å²) in [5.41, 5.74) is 1.72. The fourth-order valence-electron chi connectivity index (χ4n) is 2.54. The van der Waals surface area contributed by atoms with Gasteiger partial charge in [-0.15, -0.1) is 0 Å². The number of hydrogen-bond acceptors (Lipinski definition) is 6. The Morgan fingerprint density at radius 3 is 2.47 bits per heavy atom. The molecule has 1 aromatic heterocycles. The highest BCUT2D eigenvalue weighted by molar-refractivity contribution is 5.73. The standard InChI is InChI=1S/C18H22FN5O.C2HF3O2/c1-12(25)20-8-3-9-21-17-16(13-6-7-13)11-22-18(24-17)23-15-5-2-4-14(19)10-15;3-2(4,5)1(6)7/h2,4-5,10-11,13H,3,6-9H2,1H3,(H,20,25)(H2,21,22,23,24);(H,6,7). The fraction of sp³-hybridized carbons (Fsp3) is 0.400. The van der Waals surface area contributed by atoms with Crippen molar-refractivity contribution in [2.75, 3.05) is 23.7 Å². The molecule has 2 aromatic rings. The number of carbonyl (C=O) groups is 2. The Kier molecular flexibility index (Phi) is 8.73. The van der Waals surface area contributed by atoms with Gasteiger partial charge in [0.25, 0.3) is 0 Å². The van der Waals surface area contributed by atoms with Gasteiger partial charge in [-0.3, -0.25) is 4.79 Å². The molecule has 1 fully saturated rings. The monoisotopic (exact) mass is 457 g/mol. The predicted molar refractivity (Wildman–Crippen MR) is 109 cm³/mol. The van der Waals surface area contributed by atoms with E-state index in [0.29, 0.717) is 30.6 Å². The van der Waals surface area contributed by atoms with Crippen LogP contribution in [-0.2, 0) is 9.59 Å². The lowest BCUT2D eigenvalue weighted by atomic mass is 10.2. The van der Waals surface area contributed by atoms with Crippen LogP contribution in [0.2, 0.25) is 0 Å². The average molecular weight is 457 g/mol. The highest BCUT2D eigenvalue weighted by Crippen LogP contribution is 2.42. The molecule has 3 rings (SSSR count). The number of hydrogen-bond donors (Lipinski definition) is 4. The number of carboxylic acids is 1. The smallest absolute Gasteiger partial charge is 0.475 e. The van der Waals surface area contributed by atoms with Gasteiger partial charge in [0, 0.05) is 37.5 Å². The Labute approximate surface area is 181 Å². The van der Waals surface area contributed by atoms with Gasteiger partial charge in [-0.05, 0) is 43.4 Å². The Morgan fingerprint density at radius 2 is 1.91 bits per heavy atom. The van der Waals surface area contributed by atoms with Crippen molar-refractivity contribution in [3.8, 4) is 0 Å². The third kappa shape index (κ3) is 8.74. The summed E-state index contributed by atoms with van der Waals surface area (Å²) in [5.74, 6) is -1.34. The molecule has 174 valence electrons. The fourth-order valence-corrected chi connectivity index (χ4v) is 2.54.